The highest BCUT2D eigenvalue weighted by molar-refractivity contribution is 14.1. The highest BCUT2D eigenvalue weighted by Crippen LogP contribution is 2.40. The van der Waals surface area contributed by atoms with Crippen LogP contribution in [0.15, 0.2) is 54.6 Å². The maximum absolute atomic E-state index is 11.8. The molecule has 1 aliphatic carbocycles. The lowest BCUT2D eigenvalue weighted by Gasteiger charge is -2.23. The fourth-order valence-electron chi connectivity index (χ4n) is 4.38. The number of esters is 3. The molecule has 0 heterocycles. The zero-order valence-electron chi connectivity index (χ0n) is 21.3. The Balaban J connectivity index is 2.18. The molecule has 1 aromatic carbocycles. The molecule has 0 saturated heterocycles. The Morgan fingerprint density at radius 1 is 1.00 bits per heavy atom. The number of unbranched alkanes of at least 4 members (excludes halogenated alkanes) is 1. The summed E-state index contributed by atoms with van der Waals surface area (Å²) in [6, 6.07) is 9.43. The number of para-hydroxylation sites is 1. The van der Waals surface area contributed by atoms with Gasteiger partial charge in [-0.25, -0.2) is 0 Å². The predicted molar refractivity (Wildman–Crippen MR) is 146 cm³/mol. The Labute approximate surface area is 227 Å². The standard InChI is InChI=1S/C28H37IO7/c1-20(30)34-24(16-18-33-23-11-7-6-8-12-23)14-15-26-25(13-9-4-5-10-17-29)27(35-21(2)31)19-28(26)36-22(3)32/h4,6-9,11-12,14-15,24-28H,5,10,13,16-19H2,1-3H3/b9-4-,15-14+. The normalized spacial score (nSPS) is 22.4. The first kappa shape index (κ1) is 29.9. The van der Waals surface area contributed by atoms with Gasteiger partial charge >= 0.3 is 17.9 Å². The first-order valence-corrected chi connectivity index (χ1v) is 13.9. The molecule has 1 aliphatic rings. The molecule has 0 aromatic heterocycles. The molecule has 1 aromatic rings. The second-order valence-corrected chi connectivity index (χ2v) is 9.87. The SMILES string of the molecule is CC(=O)OC(/C=C/C1C(OC(C)=O)CC(OC(C)=O)C1C/C=C\CCCI)CCOc1ccccc1. The Morgan fingerprint density at radius 3 is 2.33 bits per heavy atom. The molecular weight excluding hydrogens is 575 g/mol. The number of hydrogen-bond donors (Lipinski definition) is 0. The van der Waals surface area contributed by atoms with E-state index in [0.717, 1.165) is 23.0 Å². The maximum Gasteiger partial charge on any atom is 0.303 e. The summed E-state index contributed by atoms with van der Waals surface area (Å²) in [5.41, 5.74) is 0. The average molecular weight is 613 g/mol. The highest BCUT2D eigenvalue weighted by Gasteiger charge is 2.45. The molecule has 1 fully saturated rings. The summed E-state index contributed by atoms with van der Waals surface area (Å²) in [4.78, 5) is 35.3. The third-order valence-electron chi connectivity index (χ3n) is 5.86. The molecule has 7 nitrogen and oxygen atoms in total. The van der Waals surface area contributed by atoms with Crippen LogP contribution in [0.3, 0.4) is 0 Å². The molecule has 0 spiro atoms. The Hall–Kier alpha value is -2.36. The summed E-state index contributed by atoms with van der Waals surface area (Å²) >= 11 is 2.35. The lowest BCUT2D eigenvalue weighted by molar-refractivity contribution is -0.149. The van der Waals surface area contributed by atoms with E-state index in [9.17, 15) is 14.4 Å². The minimum atomic E-state index is -0.503. The van der Waals surface area contributed by atoms with Crippen LogP contribution < -0.4 is 4.74 Å². The molecule has 36 heavy (non-hydrogen) atoms. The summed E-state index contributed by atoms with van der Waals surface area (Å²) in [6.45, 7) is 4.50. The van der Waals surface area contributed by atoms with Gasteiger partial charge in [-0.3, -0.25) is 14.4 Å². The molecule has 198 valence electrons. The second kappa shape index (κ2) is 16.4. The van der Waals surface area contributed by atoms with Gasteiger partial charge in [-0.05, 0) is 41.9 Å². The number of carbonyl (C=O) groups is 3. The number of benzene rings is 1. The molecule has 0 bridgehead atoms. The van der Waals surface area contributed by atoms with Crippen molar-refractivity contribution in [1.29, 1.82) is 0 Å². The zero-order chi connectivity index (χ0) is 26.3. The van der Waals surface area contributed by atoms with Crippen LogP contribution in [0.5, 0.6) is 5.75 Å². The lowest BCUT2D eigenvalue weighted by Crippen LogP contribution is -2.25. The van der Waals surface area contributed by atoms with E-state index in [1.807, 2.05) is 42.5 Å². The molecule has 0 radical (unpaired) electrons. The molecule has 0 aliphatic heterocycles. The quantitative estimate of drug-likeness (QED) is 0.0675. The summed E-state index contributed by atoms with van der Waals surface area (Å²) in [5.74, 6) is -0.649. The maximum atomic E-state index is 11.8. The summed E-state index contributed by atoms with van der Waals surface area (Å²) in [7, 11) is 0. The molecule has 8 heteroatoms. The number of hydrogen-bond acceptors (Lipinski definition) is 7. The molecular formula is C28H37IO7. The number of allylic oxidation sites excluding steroid dienone is 2. The van der Waals surface area contributed by atoms with Crippen molar-refractivity contribution >= 4 is 40.5 Å². The van der Waals surface area contributed by atoms with Crippen molar-refractivity contribution in [3.8, 4) is 5.75 Å². The Morgan fingerprint density at radius 2 is 1.69 bits per heavy atom. The summed E-state index contributed by atoms with van der Waals surface area (Å²) in [5, 5.41) is 0. The molecule has 1 saturated carbocycles. The fourth-order valence-corrected chi connectivity index (χ4v) is 4.82. The minimum absolute atomic E-state index is 0.0658. The van der Waals surface area contributed by atoms with Crippen molar-refractivity contribution in [2.45, 2.75) is 71.2 Å². The van der Waals surface area contributed by atoms with E-state index in [2.05, 4.69) is 34.7 Å². The second-order valence-electron chi connectivity index (χ2n) is 8.79. The largest absolute Gasteiger partial charge is 0.493 e. The van der Waals surface area contributed by atoms with Crippen molar-refractivity contribution in [2.75, 3.05) is 11.0 Å². The third kappa shape index (κ3) is 11.1. The van der Waals surface area contributed by atoms with Gasteiger partial charge in [0.1, 0.15) is 24.1 Å². The van der Waals surface area contributed by atoms with Gasteiger partial charge in [-0.2, -0.15) is 0 Å². The van der Waals surface area contributed by atoms with Crippen LogP contribution in [0.2, 0.25) is 0 Å². The topological polar surface area (TPSA) is 88.1 Å². The number of carbonyl (C=O) groups excluding carboxylic acids is 3. The van der Waals surface area contributed by atoms with Gasteiger partial charge in [0.15, 0.2) is 0 Å². The van der Waals surface area contributed by atoms with Crippen molar-refractivity contribution in [3.63, 3.8) is 0 Å². The highest BCUT2D eigenvalue weighted by atomic mass is 127. The number of rotatable bonds is 14. The van der Waals surface area contributed by atoms with E-state index < -0.39 is 12.2 Å². The van der Waals surface area contributed by atoms with Crippen LogP contribution in [-0.4, -0.2) is 47.3 Å². The fraction of sp³-hybridized carbons (Fsp3) is 0.536. The van der Waals surface area contributed by atoms with E-state index in [0.29, 0.717) is 25.9 Å². The van der Waals surface area contributed by atoms with Crippen molar-refractivity contribution in [1.82, 2.24) is 0 Å². The first-order chi connectivity index (χ1) is 17.3. The van der Waals surface area contributed by atoms with Gasteiger partial charge < -0.3 is 18.9 Å². The third-order valence-corrected chi connectivity index (χ3v) is 6.62. The zero-order valence-corrected chi connectivity index (χ0v) is 23.4. The Kier molecular flexibility index (Phi) is 13.6. The van der Waals surface area contributed by atoms with E-state index in [-0.39, 0.29) is 35.8 Å². The average Bonchev–Trinajstić information content (AvgIpc) is 3.11. The predicted octanol–water partition coefficient (Wildman–Crippen LogP) is 5.60. The van der Waals surface area contributed by atoms with Crippen LogP contribution in [0, 0.1) is 11.8 Å². The summed E-state index contributed by atoms with van der Waals surface area (Å²) < 4.78 is 23.6. The van der Waals surface area contributed by atoms with Crippen LogP contribution >= 0.6 is 22.6 Å². The molecule has 2 rings (SSSR count). The van der Waals surface area contributed by atoms with Crippen LogP contribution in [-0.2, 0) is 28.6 Å². The Bertz CT molecular complexity index is 883. The van der Waals surface area contributed by atoms with E-state index >= 15 is 0 Å². The van der Waals surface area contributed by atoms with Crippen molar-refractivity contribution in [2.24, 2.45) is 11.8 Å². The van der Waals surface area contributed by atoms with Crippen molar-refractivity contribution in [3.05, 3.63) is 54.6 Å². The van der Waals surface area contributed by atoms with Crippen LogP contribution in [0.1, 0.15) is 52.9 Å². The molecule has 0 N–H and O–H groups in total. The molecule has 5 unspecified atom stereocenters. The molecule has 0 amide bonds. The monoisotopic (exact) mass is 612 g/mol. The lowest BCUT2D eigenvalue weighted by atomic mass is 9.89. The van der Waals surface area contributed by atoms with E-state index in [4.69, 9.17) is 18.9 Å². The summed E-state index contributed by atoms with van der Waals surface area (Å²) in [6.07, 6.45) is 10.4. The van der Waals surface area contributed by atoms with Gasteiger partial charge in [0.25, 0.3) is 0 Å². The number of ether oxygens (including phenoxy) is 4. The van der Waals surface area contributed by atoms with E-state index in [1.54, 1.807) is 0 Å². The van der Waals surface area contributed by atoms with Gasteiger partial charge in [0.05, 0.1) is 6.61 Å². The number of alkyl halides is 1. The van der Waals surface area contributed by atoms with Gasteiger partial charge in [0, 0.05) is 45.4 Å². The first-order valence-electron chi connectivity index (χ1n) is 12.4. The van der Waals surface area contributed by atoms with Gasteiger partial charge in [0.2, 0.25) is 0 Å². The van der Waals surface area contributed by atoms with Crippen molar-refractivity contribution < 1.29 is 33.3 Å². The number of halogens is 1. The molecule has 5 atom stereocenters. The van der Waals surface area contributed by atoms with Gasteiger partial charge in [-0.15, -0.1) is 0 Å². The van der Waals surface area contributed by atoms with Gasteiger partial charge in [-0.1, -0.05) is 59.0 Å². The smallest absolute Gasteiger partial charge is 0.303 e. The minimum Gasteiger partial charge on any atom is -0.493 e. The van der Waals surface area contributed by atoms with E-state index in [1.165, 1.54) is 20.8 Å². The van der Waals surface area contributed by atoms with Crippen LogP contribution in [0.4, 0.5) is 0 Å². The van der Waals surface area contributed by atoms with Crippen LogP contribution in [0.25, 0.3) is 0 Å².